The first-order valence-electron chi connectivity index (χ1n) is 21.3. The summed E-state index contributed by atoms with van der Waals surface area (Å²) < 4.78 is 18.3. The molecule has 314 valence electrons. The molecule has 2 heterocycles. The van der Waals surface area contributed by atoms with Gasteiger partial charge in [-0.15, -0.1) is 22.7 Å². The highest BCUT2D eigenvalue weighted by Gasteiger charge is 2.41. The van der Waals surface area contributed by atoms with Gasteiger partial charge in [-0.2, -0.15) is 10.5 Å². The van der Waals surface area contributed by atoms with Crippen LogP contribution in [-0.4, -0.2) is 25.6 Å². The largest absolute Gasteiger partial charge is 0.490 e. The van der Waals surface area contributed by atoms with Gasteiger partial charge in [0.15, 0.2) is 8.32 Å². The molecule has 2 aromatic heterocycles. The first kappa shape index (κ1) is 44.1. The van der Waals surface area contributed by atoms with Crippen LogP contribution in [-0.2, 0) is 17.3 Å². The van der Waals surface area contributed by atoms with Crippen LogP contribution in [0.4, 0.5) is 0 Å². The van der Waals surface area contributed by atoms with Crippen LogP contribution < -0.4 is 9.47 Å². The van der Waals surface area contributed by atoms with E-state index in [9.17, 15) is 15.6 Å². The summed E-state index contributed by atoms with van der Waals surface area (Å²) in [5, 5.41) is 33.8. The van der Waals surface area contributed by atoms with E-state index < -0.39 is 8.32 Å². The van der Waals surface area contributed by atoms with Crippen molar-refractivity contribution in [3.8, 4) is 66.8 Å². The maximum atomic E-state index is 10.1. The summed E-state index contributed by atoms with van der Waals surface area (Å²) in [5.41, 5.74) is 13.2. The molecule has 8 rings (SSSR count). The van der Waals surface area contributed by atoms with E-state index in [0.717, 1.165) is 52.1 Å². The Bertz CT molecular complexity index is 2620. The van der Waals surface area contributed by atoms with Crippen LogP contribution in [0.2, 0.25) is 18.1 Å². The molecule has 0 saturated carbocycles. The molecule has 6 nitrogen and oxygen atoms in total. The molecule has 2 aliphatic carbocycles. The Morgan fingerprint density at radius 1 is 0.656 bits per heavy atom. The van der Waals surface area contributed by atoms with Gasteiger partial charge >= 0.3 is 0 Å². The van der Waals surface area contributed by atoms with Crippen molar-refractivity contribution < 1.29 is 19.0 Å². The third kappa shape index (κ3) is 9.58. The number of nitrogens with zero attached hydrogens (tertiary/aromatic N) is 2. The summed E-state index contributed by atoms with van der Waals surface area (Å²) in [6, 6.07) is 33.5. The summed E-state index contributed by atoms with van der Waals surface area (Å²) in [6.07, 6.45) is 3.74. The molecular formula is C52H56N2O4S2Si. The summed E-state index contributed by atoms with van der Waals surface area (Å²) in [7, 11) is -1.83. The van der Waals surface area contributed by atoms with E-state index in [1.807, 2.05) is 76.2 Å². The number of nitriles is 2. The second kappa shape index (κ2) is 18.1. The van der Waals surface area contributed by atoms with Gasteiger partial charge in [-0.25, -0.2) is 0 Å². The molecule has 1 N–H and O–H groups in total. The van der Waals surface area contributed by atoms with Crippen LogP contribution in [0.1, 0.15) is 107 Å². The second-order valence-corrected chi connectivity index (χ2v) is 24.7. The molecule has 0 spiro atoms. The minimum absolute atomic E-state index is 0.0341. The molecule has 2 unspecified atom stereocenters. The first-order chi connectivity index (χ1) is 29.1. The number of hydrogen-bond donors (Lipinski definition) is 1. The Labute approximate surface area is 371 Å². The van der Waals surface area contributed by atoms with E-state index in [-0.39, 0.29) is 29.5 Å². The van der Waals surface area contributed by atoms with E-state index in [1.54, 1.807) is 22.7 Å². The highest BCUT2D eigenvalue weighted by atomic mass is 32.1. The number of ether oxygens (including phenoxy) is 2. The standard InChI is InChI=1S/C29H35NO2SSi.C23H21NO2S/c1-19(2)31-26-13-11-20(15-21(26)17-30)28-16-22(18-33-28)23-9-8-10-25-24(23)12-14-27(25)32-34(6,7)29(3,4)5;1-14(2)26-22-9-6-15(10-16(22)12-24)23-11-17(13-27-23)18-4-3-5-20-19(18)7-8-21(20)25/h8-11,13,15-16,18-19,27H,12,14H2,1-7H3;3-6,9-11,13-14,21,25H,7-8H2,1-2H3. The zero-order valence-corrected chi connectivity index (χ0v) is 39.4. The lowest BCUT2D eigenvalue weighted by atomic mass is 9.98. The molecule has 2 aliphatic rings. The van der Waals surface area contributed by atoms with Crippen molar-refractivity contribution in [2.75, 3.05) is 0 Å². The Morgan fingerprint density at radius 3 is 1.61 bits per heavy atom. The van der Waals surface area contributed by atoms with Crippen molar-refractivity contribution >= 4 is 31.0 Å². The van der Waals surface area contributed by atoms with E-state index in [2.05, 4.69) is 93.2 Å². The van der Waals surface area contributed by atoms with E-state index in [1.165, 1.54) is 38.9 Å². The lowest BCUT2D eigenvalue weighted by Gasteiger charge is -2.38. The number of thiophene rings is 2. The van der Waals surface area contributed by atoms with Crippen LogP contribution >= 0.6 is 22.7 Å². The molecule has 0 fully saturated rings. The predicted octanol–water partition coefficient (Wildman–Crippen LogP) is 14.5. The predicted molar refractivity (Wildman–Crippen MR) is 254 cm³/mol. The monoisotopic (exact) mass is 864 g/mol. The van der Waals surface area contributed by atoms with Gasteiger partial charge in [0, 0.05) is 9.75 Å². The number of fused-ring (bicyclic) bond motifs is 2. The fourth-order valence-electron chi connectivity index (χ4n) is 7.96. The van der Waals surface area contributed by atoms with Crippen molar-refractivity contribution in [3.63, 3.8) is 0 Å². The van der Waals surface area contributed by atoms with Gasteiger partial charge in [0.2, 0.25) is 0 Å². The van der Waals surface area contributed by atoms with Crippen LogP contribution in [0.15, 0.2) is 95.7 Å². The average molecular weight is 865 g/mol. The number of hydrogen-bond acceptors (Lipinski definition) is 8. The van der Waals surface area contributed by atoms with Crippen molar-refractivity contribution in [2.24, 2.45) is 0 Å². The van der Waals surface area contributed by atoms with Crippen molar-refractivity contribution in [1.29, 1.82) is 10.5 Å². The van der Waals surface area contributed by atoms with Gasteiger partial charge in [-0.1, -0.05) is 57.2 Å². The minimum atomic E-state index is -1.83. The van der Waals surface area contributed by atoms with Gasteiger partial charge in [-0.3, -0.25) is 0 Å². The highest BCUT2D eigenvalue weighted by Crippen LogP contribution is 2.47. The molecule has 9 heteroatoms. The maximum Gasteiger partial charge on any atom is 0.192 e. The van der Waals surface area contributed by atoms with Crippen LogP contribution in [0.3, 0.4) is 0 Å². The maximum absolute atomic E-state index is 10.1. The summed E-state index contributed by atoms with van der Waals surface area (Å²) in [6.45, 7) is 19.4. The average Bonchev–Trinajstić information content (AvgIpc) is 4.05. The molecule has 0 radical (unpaired) electrons. The molecule has 0 saturated heterocycles. The van der Waals surface area contributed by atoms with Gasteiger partial charge in [0.05, 0.1) is 35.5 Å². The fourth-order valence-corrected chi connectivity index (χ4v) is 11.1. The van der Waals surface area contributed by atoms with E-state index >= 15 is 0 Å². The van der Waals surface area contributed by atoms with E-state index in [4.69, 9.17) is 13.9 Å². The Balaban J connectivity index is 0.000000189. The van der Waals surface area contributed by atoms with Crippen molar-refractivity contribution in [3.05, 3.63) is 129 Å². The Hall–Kier alpha value is -5.00. The molecule has 0 amide bonds. The second-order valence-electron chi connectivity index (χ2n) is 18.1. The van der Waals surface area contributed by atoms with E-state index in [0.29, 0.717) is 22.6 Å². The summed E-state index contributed by atoms with van der Waals surface area (Å²) >= 11 is 3.39. The Kier molecular flexibility index (Phi) is 13.1. The van der Waals surface area contributed by atoms with Crippen molar-refractivity contribution in [1.82, 2.24) is 0 Å². The third-order valence-electron chi connectivity index (χ3n) is 12.0. The summed E-state index contributed by atoms with van der Waals surface area (Å²) in [4.78, 5) is 2.28. The van der Waals surface area contributed by atoms with Gasteiger partial charge in [0.25, 0.3) is 0 Å². The minimum Gasteiger partial charge on any atom is -0.490 e. The Morgan fingerprint density at radius 2 is 1.13 bits per heavy atom. The lowest BCUT2D eigenvalue weighted by molar-refractivity contribution is 0.180. The molecular weight excluding hydrogens is 809 g/mol. The SMILES string of the molecule is CC(C)Oc1ccc(-c2cc(-c3cccc4c3CCC4O)cs2)cc1C#N.CC(C)Oc1ccc(-c2cc(-c3cccc4c3CCC4O[Si](C)(C)C(C)(C)C)cs2)cc1C#N. The molecule has 0 bridgehead atoms. The molecule has 2 atom stereocenters. The van der Waals surface area contributed by atoms with Crippen LogP contribution in [0, 0.1) is 22.7 Å². The van der Waals surface area contributed by atoms with Gasteiger partial charge < -0.3 is 19.0 Å². The highest BCUT2D eigenvalue weighted by molar-refractivity contribution is 7.14. The molecule has 6 aromatic rings. The van der Waals surface area contributed by atoms with Crippen LogP contribution in [0.25, 0.3) is 43.1 Å². The lowest BCUT2D eigenvalue weighted by Crippen LogP contribution is -2.41. The molecule has 0 aliphatic heterocycles. The zero-order valence-electron chi connectivity index (χ0n) is 36.8. The smallest absolute Gasteiger partial charge is 0.192 e. The number of aliphatic hydroxyl groups excluding tert-OH is 1. The normalized spacial score (nSPS) is 15.8. The topological polar surface area (TPSA) is 95.5 Å². The quantitative estimate of drug-likeness (QED) is 0.138. The molecule has 4 aromatic carbocycles. The van der Waals surface area contributed by atoms with Crippen molar-refractivity contribution in [2.45, 2.75) is 117 Å². The zero-order chi connectivity index (χ0) is 43.6. The first-order valence-corrected chi connectivity index (χ1v) is 25.9. The summed E-state index contributed by atoms with van der Waals surface area (Å²) in [5.74, 6) is 1.27. The molecule has 61 heavy (non-hydrogen) atoms. The number of benzene rings is 4. The fraction of sp³-hybridized carbons (Fsp3) is 0.346. The number of aliphatic hydroxyl groups is 1. The van der Waals surface area contributed by atoms with Gasteiger partial charge in [-0.05, 0) is 186 Å². The number of rotatable bonds is 10. The third-order valence-corrected chi connectivity index (χ3v) is 18.5. The van der Waals surface area contributed by atoms with Gasteiger partial charge in [0.1, 0.15) is 23.6 Å². The van der Waals surface area contributed by atoms with Crippen LogP contribution in [0.5, 0.6) is 11.5 Å².